The monoisotopic (exact) mass is 343 g/mol. The van der Waals surface area contributed by atoms with E-state index in [-0.39, 0.29) is 23.2 Å². The molecule has 124 valence electrons. The number of nitrogens with two attached hydrogens (primary N) is 1. The first kappa shape index (κ1) is 16.5. The fourth-order valence-corrected chi connectivity index (χ4v) is 2.94. The van der Waals surface area contributed by atoms with Gasteiger partial charge in [0.05, 0.1) is 11.6 Å². The van der Waals surface area contributed by atoms with Crippen LogP contribution in [0.5, 0.6) is 0 Å². The van der Waals surface area contributed by atoms with Crippen molar-refractivity contribution in [1.82, 2.24) is 10.3 Å². The van der Waals surface area contributed by atoms with Crippen LogP contribution in [-0.2, 0) is 0 Å². The molecule has 0 bridgehead atoms. The van der Waals surface area contributed by atoms with Crippen molar-refractivity contribution in [2.45, 2.75) is 19.4 Å². The molecule has 1 aromatic heterocycles. The van der Waals surface area contributed by atoms with E-state index in [1.807, 2.05) is 24.3 Å². The van der Waals surface area contributed by atoms with Gasteiger partial charge in [0.15, 0.2) is 0 Å². The summed E-state index contributed by atoms with van der Waals surface area (Å²) in [5.41, 5.74) is 6.74. The number of hydrogen-bond donors (Lipinski definition) is 2. The molecule has 2 aromatic rings. The number of pyridine rings is 1. The number of carbonyl (C=O) groups excluding carboxylic acids is 2. The predicted molar refractivity (Wildman–Crippen MR) is 91.7 cm³/mol. The minimum atomic E-state index is -0.569. The van der Waals surface area contributed by atoms with E-state index in [1.165, 1.54) is 18.3 Å². The molecule has 1 saturated carbocycles. The van der Waals surface area contributed by atoms with Gasteiger partial charge in [-0.2, -0.15) is 0 Å². The Bertz CT molecular complexity index is 759. The SMILES string of the molecule is C[C@@H]1C[C@H]1[C@@H](NC(=O)c1ccc(C(N)=O)cn1)c1ccc(Cl)cc1. The van der Waals surface area contributed by atoms with E-state index >= 15 is 0 Å². The number of amides is 2. The minimum absolute atomic E-state index is 0.0811. The lowest BCUT2D eigenvalue weighted by Crippen LogP contribution is -2.31. The number of primary amides is 1. The Morgan fingerprint density at radius 3 is 2.42 bits per heavy atom. The number of nitrogens with zero attached hydrogens (tertiary/aromatic N) is 1. The lowest BCUT2D eigenvalue weighted by atomic mass is 10.0. The number of halogens is 1. The van der Waals surface area contributed by atoms with Gasteiger partial charge in [-0.05, 0) is 48.1 Å². The molecule has 0 radical (unpaired) electrons. The summed E-state index contributed by atoms with van der Waals surface area (Å²) in [6.07, 6.45) is 2.38. The first-order chi connectivity index (χ1) is 11.5. The zero-order valence-electron chi connectivity index (χ0n) is 13.2. The Kier molecular flexibility index (Phi) is 4.53. The van der Waals surface area contributed by atoms with Gasteiger partial charge in [0.1, 0.15) is 5.69 Å². The Hall–Kier alpha value is -2.40. The number of benzene rings is 1. The van der Waals surface area contributed by atoms with Gasteiger partial charge in [-0.15, -0.1) is 0 Å². The van der Waals surface area contributed by atoms with Gasteiger partial charge in [0.25, 0.3) is 5.91 Å². The summed E-state index contributed by atoms with van der Waals surface area (Å²) in [6.45, 7) is 2.17. The van der Waals surface area contributed by atoms with Crippen LogP contribution in [0.4, 0.5) is 0 Å². The molecule has 24 heavy (non-hydrogen) atoms. The van der Waals surface area contributed by atoms with Crippen LogP contribution in [0, 0.1) is 11.8 Å². The van der Waals surface area contributed by atoms with E-state index in [0.717, 1.165) is 12.0 Å². The highest BCUT2D eigenvalue weighted by molar-refractivity contribution is 6.30. The fourth-order valence-electron chi connectivity index (χ4n) is 2.81. The van der Waals surface area contributed by atoms with E-state index in [0.29, 0.717) is 16.9 Å². The summed E-state index contributed by atoms with van der Waals surface area (Å²) in [6, 6.07) is 10.4. The molecule has 1 fully saturated rings. The molecule has 1 aliphatic rings. The Balaban J connectivity index is 1.78. The van der Waals surface area contributed by atoms with Crippen molar-refractivity contribution in [3.63, 3.8) is 0 Å². The Morgan fingerprint density at radius 1 is 1.25 bits per heavy atom. The number of aromatic nitrogens is 1. The summed E-state index contributed by atoms with van der Waals surface area (Å²) in [5.74, 6) is 0.126. The van der Waals surface area contributed by atoms with Gasteiger partial charge >= 0.3 is 0 Å². The molecule has 3 rings (SSSR count). The molecule has 2 amide bonds. The lowest BCUT2D eigenvalue weighted by Gasteiger charge is -2.19. The van der Waals surface area contributed by atoms with Crippen LogP contribution in [-0.4, -0.2) is 16.8 Å². The normalized spacial score (nSPS) is 20.2. The Morgan fingerprint density at radius 2 is 1.92 bits per heavy atom. The zero-order chi connectivity index (χ0) is 17.3. The second-order valence-corrected chi connectivity index (χ2v) is 6.61. The Labute approximate surface area is 145 Å². The van der Waals surface area contributed by atoms with E-state index < -0.39 is 5.91 Å². The molecule has 0 unspecified atom stereocenters. The van der Waals surface area contributed by atoms with Gasteiger partial charge in [0.2, 0.25) is 5.91 Å². The van der Waals surface area contributed by atoms with Gasteiger partial charge in [0, 0.05) is 11.2 Å². The van der Waals surface area contributed by atoms with Gasteiger partial charge < -0.3 is 11.1 Å². The topological polar surface area (TPSA) is 85.1 Å². The molecular formula is C18H18ClN3O2. The van der Waals surface area contributed by atoms with Crippen molar-refractivity contribution in [2.24, 2.45) is 17.6 Å². The first-order valence-electron chi connectivity index (χ1n) is 7.78. The average molecular weight is 344 g/mol. The smallest absolute Gasteiger partial charge is 0.270 e. The third-order valence-corrected chi connectivity index (χ3v) is 4.65. The lowest BCUT2D eigenvalue weighted by molar-refractivity contribution is 0.0923. The fraction of sp³-hybridized carbons (Fsp3) is 0.278. The molecule has 3 atom stereocenters. The molecule has 0 spiro atoms. The highest BCUT2D eigenvalue weighted by Crippen LogP contribution is 2.47. The molecule has 5 nitrogen and oxygen atoms in total. The summed E-state index contributed by atoms with van der Waals surface area (Å²) in [4.78, 5) is 27.6. The maximum Gasteiger partial charge on any atom is 0.270 e. The van der Waals surface area contributed by atoms with Crippen molar-refractivity contribution < 1.29 is 9.59 Å². The minimum Gasteiger partial charge on any atom is -0.366 e. The first-order valence-corrected chi connectivity index (χ1v) is 8.15. The maximum atomic E-state index is 12.5. The van der Waals surface area contributed by atoms with Crippen molar-refractivity contribution >= 4 is 23.4 Å². The molecule has 6 heteroatoms. The molecule has 1 aromatic carbocycles. The van der Waals surface area contributed by atoms with Crippen LogP contribution in [0.1, 0.15) is 45.8 Å². The maximum absolute atomic E-state index is 12.5. The molecule has 0 aliphatic heterocycles. The van der Waals surface area contributed by atoms with E-state index in [2.05, 4.69) is 17.2 Å². The molecule has 1 aliphatic carbocycles. The van der Waals surface area contributed by atoms with Gasteiger partial charge in [-0.3, -0.25) is 14.6 Å². The van der Waals surface area contributed by atoms with Crippen LogP contribution < -0.4 is 11.1 Å². The summed E-state index contributed by atoms with van der Waals surface area (Å²) < 4.78 is 0. The molecule has 1 heterocycles. The molecule has 0 saturated heterocycles. The number of nitrogens with one attached hydrogen (secondary N) is 1. The second kappa shape index (κ2) is 6.61. The summed E-state index contributed by atoms with van der Waals surface area (Å²) >= 11 is 5.95. The van der Waals surface area contributed by atoms with E-state index in [4.69, 9.17) is 17.3 Å². The molecular weight excluding hydrogens is 326 g/mol. The predicted octanol–water partition coefficient (Wildman–Crippen LogP) is 2.96. The number of rotatable bonds is 5. The summed E-state index contributed by atoms with van der Waals surface area (Å²) in [5, 5.41) is 3.71. The standard InChI is InChI=1S/C18H18ClN3O2/c1-10-8-14(10)16(11-2-5-13(19)6-3-11)22-18(24)15-7-4-12(9-21-15)17(20)23/h2-7,9-10,14,16H,8H2,1H3,(H2,20,23)(H,22,24)/t10-,14-,16+/m1/s1. The van der Waals surface area contributed by atoms with Crippen molar-refractivity contribution in [2.75, 3.05) is 0 Å². The highest BCUT2D eigenvalue weighted by atomic mass is 35.5. The quantitative estimate of drug-likeness (QED) is 0.875. The third kappa shape index (κ3) is 3.57. The van der Waals surface area contributed by atoms with Crippen LogP contribution in [0.25, 0.3) is 0 Å². The van der Waals surface area contributed by atoms with Crippen LogP contribution in [0.3, 0.4) is 0 Å². The third-order valence-electron chi connectivity index (χ3n) is 4.40. The van der Waals surface area contributed by atoms with Crippen molar-refractivity contribution in [3.05, 3.63) is 64.4 Å². The van der Waals surface area contributed by atoms with Crippen molar-refractivity contribution in [1.29, 1.82) is 0 Å². The van der Waals surface area contributed by atoms with Crippen LogP contribution in [0.15, 0.2) is 42.6 Å². The number of hydrogen-bond acceptors (Lipinski definition) is 3. The molecule has 3 N–H and O–H groups in total. The van der Waals surface area contributed by atoms with Crippen LogP contribution in [0.2, 0.25) is 5.02 Å². The van der Waals surface area contributed by atoms with Gasteiger partial charge in [-0.1, -0.05) is 30.7 Å². The zero-order valence-corrected chi connectivity index (χ0v) is 14.0. The van der Waals surface area contributed by atoms with Gasteiger partial charge in [-0.25, -0.2) is 0 Å². The second-order valence-electron chi connectivity index (χ2n) is 6.18. The van der Waals surface area contributed by atoms with E-state index in [9.17, 15) is 9.59 Å². The van der Waals surface area contributed by atoms with E-state index in [1.54, 1.807) is 0 Å². The summed E-state index contributed by atoms with van der Waals surface area (Å²) in [7, 11) is 0. The number of carbonyl (C=O) groups is 2. The van der Waals surface area contributed by atoms with Crippen molar-refractivity contribution in [3.8, 4) is 0 Å². The van der Waals surface area contributed by atoms with Crippen LogP contribution >= 0.6 is 11.6 Å². The highest BCUT2D eigenvalue weighted by Gasteiger charge is 2.41. The average Bonchev–Trinajstić information content (AvgIpc) is 3.30. The largest absolute Gasteiger partial charge is 0.366 e.